The van der Waals surface area contributed by atoms with Crippen molar-refractivity contribution in [3.63, 3.8) is 0 Å². The SMILES string of the molecule is O=C(/C=C\c1ccccc1)NCc1nc(-c2cc(C3CC3)on2)no1. The molecule has 1 amide bonds. The van der Waals surface area contributed by atoms with Crippen LogP contribution in [0, 0.1) is 0 Å². The molecule has 0 unspecified atom stereocenters. The second kappa shape index (κ2) is 6.72. The van der Waals surface area contributed by atoms with Gasteiger partial charge in [-0.05, 0) is 24.5 Å². The number of carbonyl (C=O) groups is 1. The molecule has 4 rings (SSSR count). The van der Waals surface area contributed by atoms with Gasteiger partial charge in [0.25, 0.3) is 0 Å². The van der Waals surface area contributed by atoms with Crippen molar-refractivity contribution in [2.45, 2.75) is 25.3 Å². The van der Waals surface area contributed by atoms with Crippen LogP contribution in [0.4, 0.5) is 0 Å². The molecule has 0 radical (unpaired) electrons. The number of carbonyl (C=O) groups excluding carboxylic acids is 1. The van der Waals surface area contributed by atoms with Gasteiger partial charge in [0.05, 0.1) is 6.54 Å². The molecule has 25 heavy (non-hydrogen) atoms. The first kappa shape index (κ1) is 15.3. The molecule has 0 spiro atoms. The Kier molecular flexibility index (Phi) is 4.12. The van der Waals surface area contributed by atoms with Crippen LogP contribution in [-0.2, 0) is 11.3 Å². The Labute approximate surface area is 143 Å². The molecule has 0 bridgehead atoms. The number of hydrogen-bond acceptors (Lipinski definition) is 6. The number of amides is 1. The van der Waals surface area contributed by atoms with E-state index < -0.39 is 0 Å². The molecule has 2 aromatic heterocycles. The molecular weight excluding hydrogens is 320 g/mol. The average molecular weight is 336 g/mol. The minimum Gasteiger partial charge on any atom is -0.360 e. The van der Waals surface area contributed by atoms with Crippen LogP contribution >= 0.6 is 0 Å². The zero-order chi connectivity index (χ0) is 17.1. The summed E-state index contributed by atoms with van der Waals surface area (Å²) in [6, 6.07) is 11.4. The van der Waals surface area contributed by atoms with Crippen LogP contribution in [0.15, 0.2) is 51.5 Å². The summed E-state index contributed by atoms with van der Waals surface area (Å²) in [6.07, 6.45) is 5.47. The van der Waals surface area contributed by atoms with Crippen molar-refractivity contribution in [3.8, 4) is 11.5 Å². The third-order valence-corrected chi connectivity index (χ3v) is 3.85. The molecule has 0 saturated heterocycles. The van der Waals surface area contributed by atoms with Gasteiger partial charge in [-0.15, -0.1) is 0 Å². The van der Waals surface area contributed by atoms with Crippen molar-refractivity contribution in [1.82, 2.24) is 20.6 Å². The smallest absolute Gasteiger partial charge is 0.246 e. The highest BCUT2D eigenvalue weighted by atomic mass is 16.5. The quantitative estimate of drug-likeness (QED) is 0.696. The van der Waals surface area contributed by atoms with E-state index in [-0.39, 0.29) is 12.5 Å². The first-order valence-electron chi connectivity index (χ1n) is 8.08. The average Bonchev–Trinajstić information content (AvgIpc) is 3.19. The highest BCUT2D eigenvalue weighted by Crippen LogP contribution is 2.40. The van der Waals surface area contributed by atoms with Gasteiger partial charge < -0.3 is 14.4 Å². The highest BCUT2D eigenvalue weighted by molar-refractivity contribution is 5.91. The number of benzene rings is 1. The fourth-order valence-corrected chi connectivity index (χ4v) is 2.34. The van der Waals surface area contributed by atoms with E-state index in [0.717, 1.165) is 24.2 Å². The molecule has 1 saturated carbocycles. The van der Waals surface area contributed by atoms with E-state index in [9.17, 15) is 4.79 Å². The summed E-state index contributed by atoms with van der Waals surface area (Å²) in [5.74, 6) is 1.78. The van der Waals surface area contributed by atoms with Crippen LogP contribution in [0.2, 0.25) is 0 Å². The van der Waals surface area contributed by atoms with E-state index >= 15 is 0 Å². The van der Waals surface area contributed by atoms with Gasteiger partial charge in [-0.1, -0.05) is 40.6 Å². The number of nitrogens with zero attached hydrogens (tertiary/aromatic N) is 3. The Bertz CT molecular complexity index is 894. The zero-order valence-electron chi connectivity index (χ0n) is 13.4. The van der Waals surface area contributed by atoms with Gasteiger partial charge in [-0.3, -0.25) is 4.79 Å². The predicted octanol–water partition coefficient (Wildman–Crippen LogP) is 2.93. The van der Waals surface area contributed by atoms with Gasteiger partial charge in [0.1, 0.15) is 5.76 Å². The maximum absolute atomic E-state index is 11.8. The normalized spacial score (nSPS) is 14.1. The fraction of sp³-hybridized carbons (Fsp3) is 0.222. The lowest BCUT2D eigenvalue weighted by atomic mass is 10.2. The van der Waals surface area contributed by atoms with Crippen LogP contribution in [0.3, 0.4) is 0 Å². The highest BCUT2D eigenvalue weighted by Gasteiger charge is 2.28. The monoisotopic (exact) mass is 336 g/mol. The van der Waals surface area contributed by atoms with Crippen molar-refractivity contribution in [2.75, 3.05) is 0 Å². The van der Waals surface area contributed by atoms with E-state index in [1.165, 1.54) is 6.08 Å². The van der Waals surface area contributed by atoms with Gasteiger partial charge >= 0.3 is 0 Å². The van der Waals surface area contributed by atoms with Crippen molar-refractivity contribution in [1.29, 1.82) is 0 Å². The Morgan fingerprint density at radius 2 is 2.04 bits per heavy atom. The molecule has 126 valence electrons. The molecule has 1 aliphatic carbocycles. The van der Waals surface area contributed by atoms with Crippen LogP contribution < -0.4 is 5.32 Å². The van der Waals surface area contributed by atoms with Crippen molar-refractivity contribution < 1.29 is 13.8 Å². The first-order valence-corrected chi connectivity index (χ1v) is 8.08. The predicted molar refractivity (Wildman–Crippen MR) is 89.1 cm³/mol. The molecule has 3 aromatic rings. The number of nitrogens with one attached hydrogen (secondary N) is 1. The third kappa shape index (κ3) is 3.82. The number of hydrogen-bond donors (Lipinski definition) is 1. The summed E-state index contributed by atoms with van der Waals surface area (Å²) in [5, 5.41) is 10.5. The van der Waals surface area contributed by atoms with Crippen LogP contribution in [0.1, 0.15) is 36.0 Å². The Morgan fingerprint density at radius 3 is 2.84 bits per heavy atom. The second-order valence-corrected chi connectivity index (χ2v) is 5.86. The van der Waals surface area contributed by atoms with Crippen LogP contribution in [-0.4, -0.2) is 21.2 Å². The lowest BCUT2D eigenvalue weighted by molar-refractivity contribution is -0.116. The molecule has 2 heterocycles. The molecule has 7 heteroatoms. The molecule has 1 aromatic carbocycles. The first-order chi connectivity index (χ1) is 12.3. The van der Waals surface area contributed by atoms with Gasteiger partial charge in [-0.2, -0.15) is 4.98 Å². The maximum atomic E-state index is 11.8. The van der Waals surface area contributed by atoms with E-state index in [4.69, 9.17) is 9.05 Å². The summed E-state index contributed by atoms with van der Waals surface area (Å²) in [5.41, 5.74) is 1.50. The van der Waals surface area contributed by atoms with Gasteiger partial charge in [0.15, 0.2) is 5.69 Å². The summed E-state index contributed by atoms with van der Waals surface area (Å²) < 4.78 is 10.4. The summed E-state index contributed by atoms with van der Waals surface area (Å²) in [7, 11) is 0. The molecule has 0 aliphatic heterocycles. The molecular formula is C18H16N4O3. The Hall–Kier alpha value is -3.22. The van der Waals surface area contributed by atoms with Crippen molar-refractivity contribution >= 4 is 12.0 Å². The van der Waals surface area contributed by atoms with E-state index in [2.05, 4.69) is 20.6 Å². The number of rotatable bonds is 6. The third-order valence-electron chi connectivity index (χ3n) is 3.85. The van der Waals surface area contributed by atoms with Crippen molar-refractivity contribution in [3.05, 3.63) is 59.7 Å². The largest absolute Gasteiger partial charge is 0.360 e. The summed E-state index contributed by atoms with van der Waals surface area (Å²) in [6.45, 7) is 0.151. The van der Waals surface area contributed by atoms with E-state index in [1.807, 2.05) is 36.4 Å². The van der Waals surface area contributed by atoms with Gasteiger partial charge in [0.2, 0.25) is 17.6 Å². The molecule has 0 atom stereocenters. The Balaban J connectivity index is 1.33. The zero-order valence-corrected chi connectivity index (χ0v) is 13.4. The fourth-order valence-electron chi connectivity index (χ4n) is 2.34. The molecule has 7 nitrogen and oxygen atoms in total. The van der Waals surface area contributed by atoms with Gasteiger partial charge in [0, 0.05) is 18.1 Å². The van der Waals surface area contributed by atoms with Gasteiger partial charge in [-0.25, -0.2) is 0 Å². The minimum absolute atomic E-state index is 0.151. The Morgan fingerprint density at radius 1 is 1.20 bits per heavy atom. The summed E-state index contributed by atoms with van der Waals surface area (Å²) in [4.78, 5) is 16.1. The lowest BCUT2D eigenvalue weighted by Gasteiger charge is -1.96. The lowest BCUT2D eigenvalue weighted by Crippen LogP contribution is -2.20. The standard InChI is InChI=1S/C18H16N4O3/c23-16(9-6-12-4-2-1-3-5-12)19-11-17-20-18(22-25-17)14-10-15(24-21-14)13-7-8-13/h1-6,9-10,13H,7-8,11H2,(H,19,23)/b9-6-. The van der Waals surface area contributed by atoms with Crippen molar-refractivity contribution in [2.24, 2.45) is 0 Å². The number of aromatic nitrogens is 3. The second-order valence-electron chi connectivity index (χ2n) is 5.86. The van der Waals surface area contributed by atoms with Crippen LogP contribution in [0.5, 0.6) is 0 Å². The minimum atomic E-state index is -0.235. The summed E-state index contributed by atoms with van der Waals surface area (Å²) >= 11 is 0. The molecule has 1 N–H and O–H groups in total. The topological polar surface area (TPSA) is 94.1 Å². The van der Waals surface area contributed by atoms with Crippen LogP contribution in [0.25, 0.3) is 17.6 Å². The van der Waals surface area contributed by atoms with E-state index in [1.54, 1.807) is 6.08 Å². The van der Waals surface area contributed by atoms with E-state index in [0.29, 0.717) is 23.3 Å². The maximum Gasteiger partial charge on any atom is 0.246 e. The molecule has 1 aliphatic rings. The molecule has 1 fully saturated rings.